The van der Waals surface area contributed by atoms with Gasteiger partial charge in [-0.15, -0.1) is 0 Å². The van der Waals surface area contributed by atoms with E-state index in [0.29, 0.717) is 0 Å². The summed E-state index contributed by atoms with van der Waals surface area (Å²) in [6, 6.07) is 29.1. The zero-order chi connectivity index (χ0) is 20.8. The van der Waals surface area contributed by atoms with Crippen LogP contribution in [0.5, 0.6) is 0 Å². The Hall–Kier alpha value is -3.15. The first-order valence-electron chi connectivity index (χ1n) is 9.90. The summed E-state index contributed by atoms with van der Waals surface area (Å²) in [7, 11) is 0. The van der Waals surface area contributed by atoms with Crippen molar-refractivity contribution >= 4 is 0 Å². The Morgan fingerprint density at radius 1 is 0.833 bits per heavy atom. The van der Waals surface area contributed by atoms with Gasteiger partial charge < -0.3 is 14.6 Å². The van der Waals surface area contributed by atoms with Crippen LogP contribution < -0.4 is 0 Å². The van der Waals surface area contributed by atoms with Crippen LogP contribution in [0.2, 0.25) is 0 Å². The fourth-order valence-electron chi connectivity index (χ4n) is 3.97. The van der Waals surface area contributed by atoms with E-state index in [1.165, 1.54) is 0 Å². The maximum Gasteiger partial charge on any atom is 0.144 e. The topological polar surface area (TPSA) is 87.5 Å². The Bertz CT molecular complexity index is 895. The van der Waals surface area contributed by atoms with E-state index in [1.54, 1.807) is 0 Å². The highest BCUT2D eigenvalue weighted by Crippen LogP contribution is 2.42. The zero-order valence-corrected chi connectivity index (χ0v) is 16.4. The fourth-order valence-corrected chi connectivity index (χ4v) is 3.97. The van der Waals surface area contributed by atoms with Gasteiger partial charge in [-0.3, -0.25) is 0 Å². The summed E-state index contributed by atoms with van der Waals surface area (Å²) in [5.74, 6) is 0. The van der Waals surface area contributed by atoms with Crippen LogP contribution in [0.1, 0.15) is 16.7 Å². The summed E-state index contributed by atoms with van der Waals surface area (Å²) in [6.45, 7) is 0.368. The van der Waals surface area contributed by atoms with Crippen LogP contribution in [-0.2, 0) is 15.1 Å². The van der Waals surface area contributed by atoms with Gasteiger partial charge in [0.05, 0.1) is 25.4 Å². The molecule has 152 valence electrons. The van der Waals surface area contributed by atoms with E-state index in [1.807, 2.05) is 91.0 Å². The van der Waals surface area contributed by atoms with Gasteiger partial charge >= 0.3 is 0 Å². The third kappa shape index (κ3) is 3.82. The molecule has 6 heteroatoms. The fraction of sp³-hybridized carbons (Fsp3) is 0.250. The molecule has 30 heavy (non-hydrogen) atoms. The van der Waals surface area contributed by atoms with Gasteiger partial charge in [-0.2, -0.15) is 0 Å². The minimum atomic E-state index is -0.981. The van der Waals surface area contributed by atoms with Gasteiger partial charge in [-0.05, 0) is 22.2 Å². The van der Waals surface area contributed by atoms with Crippen molar-refractivity contribution in [2.45, 2.75) is 23.9 Å². The lowest BCUT2D eigenvalue weighted by Gasteiger charge is -2.42. The Labute approximate surface area is 175 Å². The molecule has 0 amide bonds. The number of ether oxygens (including phenoxy) is 2. The number of hydrogen-bond donors (Lipinski definition) is 1. The second-order valence-electron chi connectivity index (χ2n) is 7.24. The third-order valence-electron chi connectivity index (χ3n) is 5.41. The second kappa shape index (κ2) is 9.11. The predicted octanol–water partition coefficient (Wildman–Crippen LogP) is 4.43. The first-order valence-corrected chi connectivity index (χ1v) is 9.90. The smallest absolute Gasteiger partial charge is 0.144 e. The maximum absolute atomic E-state index is 10.9. The van der Waals surface area contributed by atoms with Crippen molar-refractivity contribution in [2.24, 2.45) is 5.11 Å². The zero-order valence-electron chi connectivity index (χ0n) is 16.4. The summed E-state index contributed by atoms with van der Waals surface area (Å²) >= 11 is 0. The maximum atomic E-state index is 10.9. The van der Waals surface area contributed by atoms with Gasteiger partial charge in [0.25, 0.3) is 0 Å². The van der Waals surface area contributed by atoms with Crippen LogP contribution in [-0.4, -0.2) is 36.6 Å². The molecule has 3 aromatic carbocycles. The number of benzene rings is 3. The third-order valence-corrected chi connectivity index (χ3v) is 5.41. The first kappa shape index (κ1) is 20.1. The minimum Gasteiger partial charge on any atom is -0.390 e. The molecule has 3 atom stereocenters. The van der Waals surface area contributed by atoms with Gasteiger partial charge in [0.15, 0.2) is 0 Å². The SMILES string of the molecule is [N-]=[N+]=N[C@H]1COC[C@H](OC(c2ccccc2)(c2ccccc2)c2ccccc2)[C@@H]1O. The lowest BCUT2D eigenvalue weighted by molar-refractivity contribution is -0.164. The minimum absolute atomic E-state index is 0.167. The number of hydrogen-bond acceptors (Lipinski definition) is 4. The molecule has 0 bridgehead atoms. The van der Waals surface area contributed by atoms with Crippen molar-refractivity contribution in [3.8, 4) is 0 Å². The molecule has 1 heterocycles. The molecule has 0 aromatic heterocycles. The number of azide groups is 1. The highest BCUT2D eigenvalue weighted by Gasteiger charge is 2.44. The first-order chi connectivity index (χ1) is 14.8. The normalized spacial score (nSPS) is 21.6. The molecule has 1 N–H and O–H groups in total. The van der Waals surface area contributed by atoms with E-state index in [2.05, 4.69) is 10.0 Å². The molecule has 4 rings (SSSR count). The van der Waals surface area contributed by atoms with E-state index < -0.39 is 23.9 Å². The standard InChI is InChI=1S/C24H23N3O3/c25-27-26-21-16-29-17-22(23(21)28)30-24(18-10-4-1-5-11-18,19-12-6-2-7-13-19)20-14-8-3-9-15-20/h1-15,21-23,28H,16-17H2/t21-,22-,23+/m0/s1. The van der Waals surface area contributed by atoms with Crippen LogP contribution in [0, 0.1) is 0 Å². The van der Waals surface area contributed by atoms with Crippen LogP contribution in [0.15, 0.2) is 96.1 Å². The van der Waals surface area contributed by atoms with Crippen LogP contribution >= 0.6 is 0 Å². The second-order valence-corrected chi connectivity index (χ2v) is 7.24. The average molecular weight is 401 g/mol. The van der Waals surface area contributed by atoms with Crippen molar-refractivity contribution in [2.75, 3.05) is 13.2 Å². The molecule has 6 nitrogen and oxygen atoms in total. The van der Waals surface area contributed by atoms with Gasteiger partial charge in [-0.1, -0.05) is 96.1 Å². The number of rotatable bonds is 6. The summed E-state index contributed by atoms with van der Waals surface area (Å²) in [5.41, 5.74) is 10.7. The van der Waals surface area contributed by atoms with Gasteiger partial charge in [0, 0.05) is 4.91 Å². The molecule has 0 saturated carbocycles. The largest absolute Gasteiger partial charge is 0.390 e. The lowest BCUT2D eigenvalue weighted by Crippen LogP contribution is -2.51. The molecule has 1 aliphatic heterocycles. The molecular weight excluding hydrogens is 378 g/mol. The summed E-state index contributed by atoms with van der Waals surface area (Å²) in [5, 5.41) is 14.6. The summed E-state index contributed by atoms with van der Waals surface area (Å²) < 4.78 is 12.4. The quantitative estimate of drug-likeness (QED) is 0.287. The van der Waals surface area contributed by atoms with Gasteiger partial charge in [0.2, 0.25) is 0 Å². The molecule has 3 aromatic rings. The molecule has 1 aliphatic rings. The highest BCUT2D eigenvalue weighted by molar-refractivity contribution is 5.47. The van der Waals surface area contributed by atoms with Crippen LogP contribution in [0.25, 0.3) is 10.4 Å². The molecule has 0 spiro atoms. The van der Waals surface area contributed by atoms with Gasteiger partial charge in [-0.25, -0.2) is 0 Å². The molecule has 1 fully saturated rings. The Balaban J connectivity index is 1.88. The Morgan fingerprint density at radius 2 is 1.30 bits per heavy atom. The van der Waals surface area contributed by atoms with E-state index in [4.69, 9.17) is 15.0 Å². The molecule has 0 radical (unpaired) electrons. The van der Waals surface area contributed by atoms with Crippen LogP contribution in [0.3, 0.4) is 0 Å². The average Bonchev–Trinajstić information content (AvgIpc) is 2.82. The number of aliphatic hydroxyl groups excluding tert-OH is 1. The van der Waals surface area contributed by atoms with Crippen molar-refractivity contribution in [3.05, 3.63) is 118 Å². The molecule has 0 unspecified atom stereocenters. The lowest BCUT2D eigenvalue weighted by atomic mass is 9.79. The van der Waals surface area contributed by atoms with Crippen LogP contribution in [0.4, 0.5) is 0 Å². The Morgan fingerprint density at radius 3 is 1.73 bits per heavy atom. The molecule has 1 saturated heterocycles. The Kier molecular flexibility index (Phi) is 6.12. The number of aliphatic hydroxyl groups is 1. The van der Waals surface area contributed by atoms with E-state index in [-0.39, 0.29) is 13.2 Å². The molecular formula is C24H23N3O3. The monoisotopic (exact) mass is 401 g/mol. The number of nitrogens with zero attached hydrogens (tertiary/aromatic N) is 3. The van der Waals surface area contributed by atoms with Crippen molar-refractivity contribution in [1.29, 1.82) is 0 Å². The van der Waals surface area contributed by atoms with Crippen molar-refractivity contribution < 1.29 is 14.6 Å². The van der Waals surface area contributed by atoms with Crippen molar-refractivity contribution in [1.82, 2.24) is 0 Å². The van der Waals surface area contributed by atoms with E-state index in [9.17, 15) is 5.11 Å². The van der Waals surface area contributed by atoms with Crippen molar-refractivity contribution in [3.63, 3.8) is 0 Å². The highest BCUT2D eigenvalue weighted by atomic mass is 16.6. The van der Waals surface area contributed by atoms with E-state index in [0.717, 1.165) is 16.7 Å². The summed E-state index contributed by atoms with van der Waals surface area (Å²) in [4.78, 5) is 2.84. The predicted molar refractivity (Wildman–Crippen MR) is 114 cm³/mol. The van der Waals surface area contributed by atoms with Gasteiger partial charge in [0.1, 0.15) is 11.7 Å². The summed E-state index contributed by atoms with van der Waals surface area (Å²) in [6.07, 6.45) is -1.67. The van der Waals surface area contributed by atoms with E-state index >= 15 is 0 Å². The molecule has 0 aliphatic carbocycles.